The van der Waals surface area contributed by atoms with Crippen molar-refractivity contribution in [2.45, 2.75) is 31.2 Å². The van der Waals surface area contributed by atoms with Gasteiger partial charge in [0.1, 0.15) is 11.4 Å². The maximum Gasteiger partial charge on any atom is 0.326 e. The van der Waals surface area contributed by atoms with Gasteiger partial charge in [-0.2, -0.15) is 0 Å². The molecule has 0 saturated heterocycles. The van der Waals surface area contributed by atoms with Crippen molar-refractivity contribution in [3.05, 3.63) is 60.3 Å². The maximum absolute atomic E-state index is 12.3. The first-order valence-corrected chi connectivity index (χ1v) is 8.48. The number of nitrogens with one attached hydrogen (secondary N) is 3. The van der Waals surface area contributed by atoms with Crippen LogP contribution in [0.5, 0.6) is 0 Å². The van der Waals surface area contributed by atoms with Crippen molar-refractivity contribution in [3.63, 3.8) is 0 Å². The Hall–Kier alpha value is -2.25. The van der Waals surface area contributed by atoms with Gasteiger partial charge in [0, 0.05) is 6.04 Å². The molecule has 0 unspecified atom stereocenters. The molecule has 1 aromatic carbocycles. The summed E-state index contributed by atoms with van der Waals surface area (Å²) < 4.78 is 0. The van der Waals surface area contributed by atoms with Gasteiger partial charge in [-0.05, 0) is 42.9 Å². The fourth-order valence-electron chi connectivity index (χ4n) is 3.11. The number of anilines is 1. The molecule has 1 heterocycles. The zero-order chi connectivity index (χ0) is 18.1. The number of benzene rings is 1. The zero-order valence-electron chi connectivity index (χ0n) is 13.1. The number of amides is 1. The van der Waals surface area contributed by atoms with E-state index in [1.165, 1.54) is 0 Å². The van der Waals surface area contributed by atoms with E-state index >= 15 is 0 Å². The molecule has 25 heavy (non-hydrogen) atoms. The lowest BCUT2D eigenvalue weighted by Crippen LogP contribution is -2.37. The summed E-state index contributed by atoms with van der Waals surface area (Å²) in [5.74, 6) is -0.323. The molecule has 1 aliphatic carbocycles. The lowest BCUT2D eigenvalue weighted by atomic mass is 9.97. The molecule has 7 nitrogen and oxygen atoms in total. The fourth-order valence-corrected chi connectivity index (χ4v) is 3.42. The number of carbonyl (C=O) groups excluding carboxylic acids is 1. The Kier molecular flexibility index (Phi) is 4.87. The highest BCUT2D eigenvalue weighted by Gasteiger charge is 2.28. The Morgan fingerprint density at radius 1 is 1.16 bits per heavy atom. The number of hydrogen-bond donors (Lipinski definition) is 4. The Labute approximate surface area is 152 Å². The number of carbonyl (C=O) groups is 1. The number of hydrogen-bond acceptors (Lipinski definition) is 4. The molecule has 1 amide bonds. The van der Waals surface area contributed by atoms with Crippen LogP contribution >= 0.6 is 23.2 Å². The van der Waals surface area contributed by atoms with Gasteiger partial charge < -0.3 is 16.0 Å². The summed E-state index contributed by atoms with van der Waals surface area (Å²) in [4.78, 5) is 39.4. The van der Waals surface area contributed by atoms with Gasteiger partial charge in [-0.3, -0.25) is 14.6 Å². The monoisotopic (exact) mass is 382 g/mol. The van der Waals surface area contributed by atoms with Crippen LogP contribution in [-0.4, -0.2) is 21.9 Å². The fraction of sp³-hybridized carbons (Fsp3) is 0.312. The van der Waals surface area contributed by atoms with Crippen molar-refractivity contribution in [1.82, 2.24) is 15.3 Å². The number of nitrogen functional groups attached to an aromatic ring is 1. The van der Waals surface area contributed by atoms with Gasteiger partial charge in [-0.1, -0.05) is 29.3 Å². The van der Waals surface area contributed by atoms with Gasteiger partial charge in [0.2, 0.25) is 0 Å². The van der Waals surface area contributed by atoms with E-state index in [1.54, 1.807) is 6.07 Å². The quantitative estimate of drug-likeness (QED) is 0.648. The standard InChI is InChI=1S/C16H16Cl2N4O3/c17-10-4-2-8(6-11(10)18)7-1-3-9(5-7)20-15(24)13-12(19)14(23)22-16(25)21-13/h2,4,6-7,9H,1,3,5,19H2,(H,20,24)(H2,21,22,23,25)/t7-,9-/m1/s1. The average molecular weight is 383 g/mol. The van der Waals surface area contributed by atoms with Crippen LogP contribution in [0.4, 0.5) is 5.69 Å². The summed E-state index contributed by atoms with van der Waals surface area (Å²) in [7, 11) is 0. The molecule has 9 heteroatoms. The smallest absolute Gasteiger partial charge is 0.326 e. The highest BCUT2D eigenvalue weighted by atomic mass is 35.5. The zero-order valence-corrected chi connectivity index (χ0v) is 14.6. The lowest BCUT2D eigenvalue weighted by Gasteiger charge is -2.14. The van der Waals surface area contributed by atoms with E-state index < -0.39 is 17.2 Å². The van der Waals surface area contributed by atoms with E-state index in [2.05, 4.69) is 10.3 Å². The van der Waals surface area contributed by atoms with Crippen LogP contribution in [0, 0.1) is 0 Å². The summed E-state index contributed by atoms with van der Waals surface area (Å²) in [6.45, 7) is 0. The molecule has 1 fully saturated rings. The molecular weight excluding hydrogens is 367 g/mol. The van der Waals surface area contributed by atoms with Gasteiger partial charge in [0.05, 0.1) is 10.0 Å². The largest absolute Gasteiger partial charge is 0.392 e. The molecule has 0 spiro atoms. The van der Waals surface area contributed by atoms with E-state index in [4.69, 9.17) is 28.9 Å². The minimum Gasteiger partial charge on any atom is -0.392 e. The van der Waals surface area contributed by atoms with Crippen molar-refractivity contribution in [1.29, 1.82) is 0 Å². The predicted octanol–water partition coefficient (Wildman–Crippen LogP) is 2.02. The van der Waals surface area contributed by atoms with Gasteiger partial charge in [0.15, 0.2) is 0 Å². The van der Waals surface area contributed by atoms with Crippen molar-refractivity contribution >= 4 is 34.8 Å². The molecule has 0 radical (unpaired) electrons. The normalized spacial score (nSPS) is 19.8. The molecule has 2 atom stereocenters. The molecule has 1 saturated carbocycles. The number of halogens is 2. The molecule has 0 bridgehead atoms. The molecule has 2 aromatic rings. The van der Waals surface area contributed by atoms with E-state index in [0.717, 1.165) is 24.8 Å². The minimum atomic E-state index is -0.783. The second-order valence-electron chi connectivity index (χ2n) is 6.05. The molecule has 0 aliphatic heterocycles. The van der Waals surface area contributed by atoms with Gasteiger partial charge >= 0.3 is 5.69 Å². The minimum absolute atomic E-state index is 0.0888. The first kappa shape index (κ1) is 17.6. The number of aromatic amines is 2. The SMILES string of the molecule is Nc1c(C(=O)N[C@@H]2CC[C@@H](c3ccc(Cl)c(Cl)c3)C2)[nH]c(=O)[nH]c1=O. The van der Waals surface area contributed by atoms with Gasteiger partial charge in [0.25, 0.3) is 11.5 Å². The molecule has 3 rings (SSSR count). The van der Waals surface area contributed by atoms with Gasteiger partial charge in [-0.15, -0.1) is 0 Å². The Morgan fingerprint density at radius 2 is 1.92 bits per heavy atom. The first-order valence-electron chi connectivity index (χ1n) is 7.73. The summed E-state index contributed by atoms with van der Waals surface area (Å²) in [5, 5.41) is 3.82. The second-order valence-corrected chi connectivity index (χ2v) is 6.87. The van der Waals surface area contributed by atoms with Crippen LogP contribution in [0.3, 0.4) is 0 Å². The third-order valence-corrected chi connectivity index (χ3v) is 5.13. The molecular formula is C16H16Cl2N4O3. The van der Waals surface area contributed by atoms with Crippen LogP contribution in [-0.2, 0) is 0 Å². The van der Waals surface area contributed by atoms with Crippen molar-refractivity contribution < 1.29 is 4.79 Å². The van der Waals surface area contributed by atoms with Crippen LogP contribution in [0.25, 0.3) is 0 Å². The topological polar surface area (TPSA) is 121 Å². The summed E-state index contributed by atoms with van der Waals surface area (Å²) in [6, 6.07) is 5.43. The summed E-state index contributed by atoms with van der Waals surface area (Å²) in [5.41, 5.74) is 4.56. The van der Waals surface area contributed by atoms with E-state index in [0.29, 0.717) is 10.0 Å². The first-order chi connectivity index (χ1) is 11.8. The molecule has 132 valence electrons. The van der Waals surface area contributed by atoms with E-state index in [9.17, 15) is 14.4 Å². The summed E-state index contributed by atoms with van der Waals surface area (Å²) in [6.07, 6.45) is 2.37. The van der Waals surface area contributed by atoms with E-state index in [1.807, 2.05) is 17.1 Å². The predicted molar refractivity (Wildman–Crippen MR) is 96.4 cm³/mol. The van der Waals surface area contributed by atoms with Crippen LogP contribution in [0.2, 0.25) is 10.0 Å². The number of H-pyrrole nitrogens is 2. The number of aromatic nitrogens is 2. The highest BCUT2D eigenvalue weighted by Crippen LogP contribution is 2.36. The van der Waals surface area contributed by atoms with Crippen molar-refractivity contribution in [2.24, 2.45) is 0 Å². The Balaban J connectivity index is 1.71. The molecule has 1 aliphatic rings. The second kappa shape index (κ2) is 6.93. The molecule has 1 aromatic heterocycles. The maximum atomic E-state index is 12.3. The number of nitrogens with two attached hydrogens (primary N) is 1. The Bertz CT molecular complexity index is 938. The number of rotatable bonds is 3. The summed E-state index contributed by atoms with van der Waals surface area (Å²) >= 11 is 12.0. The van der Waals surface area contributed by atoms with E-state index in [-0.39, 0.29) is 23.3 Å². The average Bonchev–Trinajstić information content (AvgIpc) is 3.01. The Morgan fingerprint density at radius 3 is 2.64 bits per heavy atom. The lowest BCUT2D eigenvalue weighted by molar-refractivity contribution is 0.0933. The molecule has 5 N–H and O–H groups in total. The van der Waals surface area contributed by atoms with Crippen molar-refractivity contribution in [3.8, 4) is 0 Å². The third-order valence-electron chi connectivity index (χ3n) is 4.39. The van der Waals surface area contributed by atoms with Crippen LogP contribution in [0.1, 0.15) is 41.2 Å². The van der Waals surface area contributed by atoms with Crippen molar-refractivity contribution in [2.75, 3.05) is 5.73 Å². The van der Waals surface area contributed by atoms with Crippen LogP contribution in [0.15, 0.2) is 27.8 Å². The highest BCUT2D eigenvalue weighted by molar-refractivity contribution is 6.42. The van der Waals surface area contributed by atoms with Crippen LogP contribution < -0.4 is 22.3 Å². The third kappa shape index (κ3) is 3.72. The van der Waals surface area contributed by atoms with Gasteiger partial charge in [-0.25, -0.2) is 4.79 Å².